The van der Waals surface area contributed by atoms with Crippen molar-refractivity contribution in [3.8, 4) is 0 Å². The SMILES string of the molecule is C=C(C)C.C=C=C(CCCCCCCN1C[C@@H](/C=C\C(=O)CC2CCCCCC2=C)C[C@H]1COCCCCCCCC(=O)OCCCC(CCCCC)CCCCC)OCCCC(CCCCC)CCCCC. The fourth-order valence-electron chi connectivity index (χ4n) is 11.1. The van der Waals surface area contributed by atoms with Gasteiger partial charge in [-0.05, 0) is 127 Å². The molecule has 1 aliphatic heterocycles. The molecular weight excluding hydrogens is 899 g/mol. The molecule has 0 N–H and O–H groups in total. The third-order valence-corrected chi connectivity index (χ3v) is 15.6. The topological polar surface area (TPSA) is 65.1 Å². The predicted molar refractivity (Wildman–Crippen MR) is 316 cm³/mol. The Morgan fingerprint density at radius 1 is 0.644 bits per heavy atom. The van der Waals surface area contributed by atoms with Gasteiger partial charge in [0, 0.05) is 38.5 Å². The number of esters is 1. The fraction of sp³-hybridized carbons (Fsp3) is 0.836. The molecule has 1 heterocycles. The Kier molecular flexibility index (Phi) is 46.2. The minimum Gasteiger partial charge on any atom is -0.490 e. The van der Waals surface area contributed by atoms with Gasteiger partial charge in [0.25, 0.3) is 0 Å². The van der Waals surface area contributed by atoms with Gasteiger partial charge in [-0.15, -0.1) is 6.58 Å². The van der Waals surface area contributed by atoms with Gasteiger partial charge in [-0.2, -0.15) is 0 Å². The van der Waals surface area contributed by atoms with Crippen LogP contribution in [0.5, 0.6) is 0 Å². The molecular formula is C67H121NO5. The zero-order chi connectivity index (χ0) is 53.4. The van der Waals surface area contributed by atoms with Crippen LogP contribution in [0.1, 0.15) is 292 Å². The number of ketones is 1. The second kappa shape index (κ2) is 49.2. The van der Waals surface area contributed by atoms with Crippen molar-refractivity contribution in [2.75, 3.05) is 39.5 Å². The largest absolute Gasteiger partial charge is 0.490 e. The number of likely N-dealkylation sites (tertiary alicyclic amines) is 1. The second-order valence-electron chi connectivity index (χ2n) is 23.1. The van der Waals surface area contributed by atoms with Gasteiger partial charge in [0.2, 0.25) is 0 Å². The van der Waals surface area contributed by atoms with E-state index in [1.54, 1.807) is 0 Å². The number of allylic oxidation sites excluding steroid dienone is 4. The summed E-state index contributed by atoms with van der Waals surface area (Å²) in [6.07, 6.45) is 50.6. The zero-order valence-corrected chi connectivity index (χ0v) is 49.5. The summed E-state index contributed by atoms with van der Waals surface area (Å²) in [5.74, 6) is 3.61. The van der Waals surface area contributed by atoms with E-state index in [1.165, 1.54) is 172 Å². The average molecular weight is 1020 g/mol. The summed E-state index contributed by atoms with van der Waals surface area (Å²) < 4.78 is 18.2. The maximum absolute atomic E-state index is 13.1. The molecule has 2 rings (SSSR count). The molecule has 0 amide bonds. The van der Waals surface area contributed by atoms with Crippen LogP contribution >= 0.6 is 0 Å². The normalized spacial score (nSPS) is 17.2. The Hall–Kier alpha value is -2.40. The van der Waals surface area contributed by atoms with E-state index in [2.05, 4.69) is 64.1 Å². The van der Waals surface area contributed by atoms with Crippen LogP contribution in [0.25, 0.3) is 0 Å². The van der Waals surface area contributed by atoms with E-state index in [4.69, 9.17) is 14.2 Å². The molecule has 0 bridgehead atoms. The lowest BCUT2D eigenvalue weighted by Gasteiger charge is -2.24. The highest BCUT2D eigenvalue weighted by Crippen LogP contribution is 2.31. The molecule has 0 spiro atoms. The van der Waals surface area contributed by atoms with Gasteiger partial charge < -0.3 is 14.2 Å². The first-order valence-electron chi connectivity index (χ1n) is 31.6. The molecule has 0 aromatic carbocycles. The molecule has 424 valence electrons. The van der Waals surface area contributed by atoms with Crippen molar-refractivity contribution in [1.82, 2.24) is 4.90 Å². The Morgan fingerprint density at radius 2 is 1.16 bits per heavy atom. The van der Waals surface area contributed by atoms with E-state index < -0.39 is 0 Å². The van der Waals surface area contributed by atoms with E-state index in [9.17, 15) is 9.59 Å². The first-order valence-corrected chi connectivity index (χ1v) is 31.6. The number of hydrogen-bond donors (Lipinski definition) is 0. The zero-order valence-electron chi connectivity index (χ0n) is 49.5. The molecule has 0 aromatic heterocycles. The maximum atomic E-state index is 13.1. The van der Waals surface area contributed by atoms with Gasteiger partial charge in [-0.25, -0.2) is 0 Å². The summed E-state index contributed by atoms with van der Waals surface area (Å²) in [6, 6.07) is 0.399. The summed E-state index contributed by atoms with van der Waals surface area (Å²) >= 11 is 0. The molecule has 0 radical (unpaired) electrons. The Balaban J connectivity index is 0.00000640. The maximum Gasteiger partial charge on any atom is 0.305 e. The van der Waals surface area contributed by atoms with Gasteiger partial charge in [0.05, 0.1) is 19.8 Å². The van der Waals surface area contributed by atoms with Gasteiger partial charge in [0.1, 0.15) is 5.76 Å². The van der Waals surface area contributed by atoms with Gasteiger partial charge in [-0.3, -0.25) is 14.5 Å². The van der Waals surface area contributed by atoms with Crippen LogP contribution in [0.3, 0.4) is 0 Å². The quantitative estimate of drug-likeness (QED) is 0.0115. The molecule has 73 heavy (non-hydrogen) atoms. The molecule has 2 aliphatic rings. The van der Waals surface area contributed by atoms with Crippen LogP contribution in [0.2, 0.25) is 0 Å². The van der Waals surface area contributed by atoms with E-state index in [-0.39, 0.29) is 11.8 Å². The summed E-state index contributed by atoms with van der Waals surface area (Å²) in [5.41, 5.74) is 5.56. The highest BCUT2D eigenvalue weighted by atomic mass is 16.5. The lowest BCUT2D eigenvalue weighted by molar-refractivity contribution is -0.144. The third kappa shape index (κ3) is 40.5. The molecule has 1 saturated heterocycles. The van der Waals surface area contributed by atoms with Crippen LogP contribution in [0, 0.1) is 23.7 Å². The third-order valence-electron chi connectivity index (χ3n) is 15.6. The Labute approximate surface area is 454 Å². The summed E-state index contributed by atoms with van der Waals surface area (Å²) in [7, 11) is 0. The summed E-state index contributed by atoms with van der Waals surface area (Å²) in [6.45, 7) is 30.0. The molecule has 1 saturated carbocycles. The highest BCUT2D eigenvalue weighted by molar-refractivity contribution is 5.90. The first-order chi connectivity index (χ1) is 35.6. The molecule has 0 aromatic rings. The minimum atomic E-state index is -0.0175. The molecule has 6 heteroatoms. The number of carbonyl (C=O) groups is 2. The van der Waals surface area contributed by atoms with Crippen molar-refractivity contribution in [3.05, 3.63) is 54.5 Å². The number of carbonyl (C=O) groups excluding carboxylic acids is 2. The van der Waals surface area contributed by atoms with Gasteiger partial charge >= 0.3 is 5.97 Å². The lowest BCUT2D eigenvalue weighted by Crippen LogP contribution is -2.34. The van der Waals surface area contributed by atoms with Crippen molar-refractivity contribution in [2.45, 2.75) is 298 Å². The van der Waals surface area contributed by atoms with Crippen molar-refractivity contribution < 1.29 is 23.8 Å². The lowest BCUT2D eigenvalue weighted by atomic mass is 9.90. The van der Waals surface area contributed by atoms with E-state index in [1.807, 2.05) is 19.9 Å². The molecule has 2 fully saturated rings. The first kappa shape index (κ1) is 68.6. The van der Waals surface area contributed by atoms with Crippen molar-refractivity contribution in [2.24, 2.45) is 23.7 Å². The standard InChI is InChI=1S/C63H113NO5.C4H8/c1-7-12-23-36-56(37-24-13-8-2)40-33-49-68-62(11-5)43-29-18-16-20-31-47-64-53-58(45-46-61(65)52-59-42-28-22-27-35-55(59)6)51-60(64)54-67-48-32-21-17-19-30-44-63(66)69-50-34-41-57(38-25-14-9-3)39-26-15-10-4;1-4(2)3/h45-46,56-60H,5-10,12-44,47-54H2,1-4H3;1H2,2-3H3/b46-45-;/t58-,59?,60-;/m0./s1. The average Bonchev–Trinajstić information content (AvgIpc) is 3.65. The summed E-state index contributed by atoms with van der Waals surface area (Å²) in [5, 5.41) is 0. The number of hydrogen-bond acceptors (Lipinski definition) is 6. The fourth-order valence-corrected chi connectivity index (χ4v) is 11.1. The van der Waals surface area contributed by atoms with E-state index >= 15 is 0 Å². The van der Waals surface area contributed by atoms with Crippen molar-refractivity contribution in [3.63, 3.8) is 0 Å². The van der Waals surface area contributed by atoms with Gasteiger partial charge in [0.15, 0.2) is 5.78 Å². The van der Waals surface area contributed by atoms with Gasteiger partial charge in [-0.1, -0.05) is 218 Å². The summed E-state index contributed by atoms with van der Waals surface area (Å²) in [4.78, 5) is 28.2. The number of rotatable bonds is 47. The minimum absolute atomic E-state index is 0.0175. The van der Waals surface area contributed by atoms with Crippen LogP contribution in [0.4, 0.5) is 0 Å². The van der Waals surface area contributed by atoms with Crippen LogP contribution in [-0.2, 0) is 23.8 Å². The molecule has 3 atom stereocenters. The van der Waals surface area contributed by atoms with E-state index in [0.717, 1.165) is 128 Å². The molecule has 6 nitrogen and oxygen atoms in total. The molecule has 1 unspecified atom stereocenters. The van der Waals surface area contributed by atoms with Crippen LogP contribution in [-0.4, -0.2) is 62.2 Å². The highest BCUT2D eigenvalue weighted by Gasteiger charge is 2.30. The Morgan fingerprint density at radius 3 is 1.74 bits per heavy atom. The van der Waals surface area contributed by atoms with E-state index in [0.29, 0.717) is 37.3 Å². The number of ether oxygens (including phenoxy) is 3. The monoisotopic (exact) mass is 1020 g/mol. The van der Waals surface area contributed by atoms with Crippen LogP contribution < -0.4 is 0 Å². The van der Waals surface area contributed by atoms with Crippen molar-refractivity contribution in [1.29, 1.82) is 0 Å². The Bertz CT molecular complexity index is 1400. The number of nitrogens with zero attached hydrogens (tertiary/aromatic N) is 1. The number of unbranched alkanes of at least 4 members (excludes halogenated alkanes) is 16. The van der Waals surface area contributed by atoms with Crippen LogP contribution in [0.15, 0.2) is 54.5 Å². The smallest absolute Gasteiger partial charge is 0.305 e. The second-order valence-corrected chi connectivity index (χ2v) is 23.1. The predicted octanol–water partition coefficient (Wildman–Crippen LogP) is 20.0. The molecule has 1 aliphatic carbocycles. The van der Waals surface area contributed by atoms with Crippen molar-refractivity contribution >= 4 is 11.8 Å².